The van der Waals surface area contributed by atoms with E-state index in [0.29, 0.717) is 0 Å². The second kappa shape index (κ2) is 15.9. The Kier molecular flexibility index (Phi) is 10.1. The van der Waals surface area contributed by atoms with Gasteiger partial charge in [0, 0.05) is 39.2 Å². The summed E-state index contributed by atoms with van der Waals surface area (Å²) in [4.78, 5) is 0. The lowest BCUT2D eigenvalue weighted by atomic mass is 9.37. The van der Waals surface area contributed by atoms with Crippen molar-refractivity contribution in [3.63, 3.8) is 0 Å². The van der Waals surface area contributed by atoms with Gasteiger partial charge in [-0.1, -0.05) is 204 Å². The predicted octanol–water partition coefficient (Wildman–Crippen LogP) is 11.1. The van der Waals surface area contributed by atoms with Gasteiger partial charge in [-0.2, -0.15) is 0 Å². The van der Waals surface area contributed by atoms with Gasteiger partial charge in [0.15, 0.2) is 0 Å². The topological polar surface area (TPSA) is 19.0 Å². The monoisotopic (exact) mass is 801 g/mol. The summed E-state index contributed by atoms with van der Waals surface area (Å²) < 4.78 is 14.9. The van der Waals surface area contributed by atoms with Crippen LogP contribution in [0.5, 0.6) is 11.5 Å². The van der Waals surface area contributed by atoms with Crippen molar-refractivity contribution in [2.24, 2.45) is 0 Å². The van der Waals surface area contributed by atoms with E-state index in [1.165, 1.54) is 38.6 Å². The fraction of sp³-hybridized carbons (Fsp3) is 0.127. The van der Waals surface area contributed by atoms with Crippen LogP contribution in [-0.2, 0) is 10.8 Å². The summed E-state index contributed by atoms with van der Waals surface area (Å²) in [6.07, 6.45) is 0. The molecule has 8 aromatic carbocycles. The van der Waals surface area contributed by atoms with Crippen LogP contribution >= 0.6 is 0 Å². The molecule has 0 amide bonds. The third-order valence-electron chi connectivity index (χ3n) is 12.8. The maximum Gasteiger partial charge on any atom is 0.388 e. The van der Waals surface area contributed by atoms with E-state index < -0.39 is 0 Å². The number of fused-ring (bicyclic) bond motifs is 2. The normalized spacial score (nSPS) is 14.6. The van der Waals surface area contributed by atoms with Gasteiger partial charge >= 0.3 is 20.9 Å². The maximum absolute atomic E-state index is 7.02. The number of nitrogens with zero attached hydrogens (tertiary/aromatic N) is 3. The number of para-hydroxylation sites is 4. The maximum atomic E-state index is 7.02. The van der Waals surface area contributed by atoms with Crippen molar-refractivity contribution in [3.05, 3.63) is 229 Å². The largest absolute Gasteiger partial charge is 0.456 e. The molecule has 4 nitrogen and oxygen atoms in total. The summed E-state index contributed by atoms with van der Waals surface area (Å²) in [5.74, 6) is 1.84. The Morgan fingerprint density at radius 2 is 0.823 bits per heavy atom. The molecule has 0 aliphatic carbocycles. The molecule has 1 fully saturated rings. The first kappa shape index (κ1) is 39.3. The summed E-state index contributed by atoms with van der Waals surface area (Å²) in [5, 5.41) is 0. The number of benzene rings is 8. The minimum Gasteiger partial charge on any atom is -0.456 e. The van der Waals surface area contributed by atoms with Gasteiger partial charge in [-0.05, 0) is 75.4 Å². The zero-order valence-corrected chi connectivity index (χ0v) is 36.2. The van der Waals surface area contributed by atoms with Gasteiger partial charge in [-0.25, -0.2) is 0 Å². The highest BCUT2D eigenvalue weighted by atomic mass is 16.5. The average Bonchev–Trinajstić information content (AvgIpc) is 3.31. The molecule has 0 N–H and O–H groups in total. The smallest absolute Gasteiger partial charge is 0.388 e. The average molecular weight is 801 g/mol. The minimum absolute atomic E-state index is 0.164. The van der Waals surface area contributed by atoms with Crippen molar-refractivity contribution in [3.8, 4) is 22.6 Å². The first-order valence-electron chi connectivity index (χ1n) is 21.9. The third kappa shape index (κ3) is 6.86. The Morgan fingerprint density at radius 3 is 1.31 bits per heavy atom. The molecule has 0 aromatic heterocycles. The highest BCUT2D eigenvalue weighted by Crippen LogP contribution is 2.52. The van der Waals surface area contributed by atoms with E-state index in [-0.39, 0.29) is 31.8 Å². The molecule has 0 atom stereocenters. The fourth-order valence-electron chi connectivity index (χ4n) is 9.94. The van der Waals surface area contributed by atoms with Gasteiger partial charge in [0.1, 0.15) is 11.5 Å². The Morgan fingerprint density at radius 1 is 0.403 bits per heavy atom. The van der Waals surface area contributed by atoms with Gasteiger partial charge in [0.2, 0.25) is 0 Å². The Bertz CT molecular complexity index is 2730. The van der Waals surface area contributed by atoms with Gasteiger partial charge in [-0.3, -0.25) is 0 Å². The molecule has 0 saturated carbocycles. The Balaban J connectivity index is 1.29. The lowest BCUT2D eigenvalue weighted by Crippen LogP contribution is -2.86. The second-order valence-electron chi connectivity index (χ2n) is 18.1. The van der Waals surface area contributed by atoms with Crippen LogP contribution in [-0.4, -0.2) is 20.9 Å². The van der Waals surface area contributed by atoms with Crippen LogP contribution in [0.2, 0.25) is 0 Å². The summed E-state index contributed by atoms with van der Waals surface area (Å²) in [6, 6.07) is 77.5. The van der Waals surface area contributed by atoms with Crippen LogP contribution in [0.15, 0.2) is 212 Å². The molecular weight excluding hydrogens is 751 g/mol. The molecule has 2 aliphatic rings. The Labute approximate surface area is 368 Å². The SMILES string of the molecule is CC(C)(C)c1ccc(N2B(c3ccccc3)N(c3ccccc3)B(c3ccccc3)N(c3ccccc3)B2c2ccccc2)cc1-c1cccc2c1Oc1ccccc1C2(C)C. The first-order valence-corrected chi connectivity index (χ1v) is 21.9. The van der Waals surface area contributed by atoms with Crippen molar-refractivity contribution >= 4 is 54.4 Å². The molecular formula is C55H50B3N3O. The van der Waals surface area contributed by atoms with E-state index in [0.717, 1.165) is 34.1 Å². The fourth-order valence-corrected chi connectivity index (χ4v) is 9.94. The number of rotatable bonds is 7. The van der Waals surface area contributed by atoms with E-state index in [1.54, 1.807) is 0 Å². The molecule has 10 rings (SSSR count). The quantitative estimate of drug-likeness (QED) is 0.149. The van der Waals surface area contributed by atoms with Gasteiger partial charge in [-0.15, -0.1) is 0 Å². The van der Waals surface area contributed by atoms with E-state index in [2.05, 4.69) is 261 Å². The molecule has 7 heteroatoms. The van der Waals surface area contributed by atoms with Crippen LogP contribution in [0.3, 0.4) is 0 Å². The lowest BCUT2D eigenvalue weighted by molar-refractivity contribution is 0.419. The molecule has 2 aliphatic heterocycles. The number of ether oxygens (including phenoxy) is 1. The molecule has 0 radical (unpaired) electrons. The molecule has 0 unspecified atom stereocenters. The number of anilines is 3. The highest BCUT2D eigenvalue weighted by molar-refractivity contribution is 7.14. The van der Waals surface area contributed by atoms with Gasteiger partial charge in [0.25, 0.3) is 0 Å². The summed E-state index contributed by atoms with van der Waals surface area (Å²) >= 11 is 0. The van der Waals surface area contributed by atoms with Crippen molar-refractivity contribution in [1.82, 2.24) is 0 Å². The number of hydrogen-bond donors (Lipinski definition) is 0. The Hall–Kier alpha value is -6.85. The molecule has 1 saturated heterocycles. The van der Waals surface area contributed by atoms with E-state index in [4.69, 9.17) is 4.74 Å². The first-order chi connectivity index (χ1) is 30.2. The molecule has 0 spiro atoms. The van der Waals surface area contributed by atoms with Gasteiger partial charge < -0.3 is 18.9 Å². The second-order valence-corrected chi connectivity index (χ2v) is 18.1. The van der Waals surface area contributed by atoms with Crippen molar-refractivity contribution in [2.75, 3.05) is 14.2 Å². The molecule has 0 bridgehead atoms. The van der Waals surface area contributed by atoms with Crippen LogP contribution in [0.25, 0.3) is 11.1 Å². The predicted molar refractivity (Wildman–Crippen MR) is 265 cm³/mol. The van der Waals surface area contributed by atoms with Gasteiger partial charge in [0.05, 0.1) is 0 Å². The minimum atomic E-state index is -0.248. The molecule has 2 heterocycles. The lowest BCUT2D eigenvalue weighted by Gasteiger charge is -2.57. The van der Waals surface area contributed by atoms with E-state index in [9.17, 15) is 0 Å². The summed E-state index contributed by atoms with van der Waals surface area (Å²) in [5.41, 5.74) is 12.5. The van der Waals surface area contributed by atoms with Crippen LogP contribution in [0.4, 0.5) is 17.1 Å². The van der Waals surface area contributed by atoms with Crippen LogP contribution in [0, 0.1) is 0 Å². The van der Waals surface area contributed by atoms with E-state index in [1.807, 2.05) is 0 Å². The molecule has 62 heavy (non-hydrogen) atoms. The zero-order chi connectivity index (χ0) is 42.4. The van der Waals surface area contributed by atoms with Crippen molar-refractivity contribution in [1.29, 1.82) is 0 Å². The highest BCUT2D eigenvalue weighted by Gasteiger charge is 2.56. The molecule has 300 valence electrons. The number of hydrogen-bond acceptors (Lipinski definition) is 4. The molecule has 8 aromatic rings. The summed E-state index contributed by atoms with van der Waals surface area (Å²) in [7, 11) is 0. The standard InChI is InChI=1S/C55H50B3N3O/c1-54(2,3)49-39-38-46(40-48(49)47-34-23-36-51-53(47)62-52-37-22-21-35-50(52)55(51,4)5)61-57(42-26-13-7-14-27-42)59(44-30-17-9-18-31-44)56(41-24-11-6-12-25-41)60(45-32-19-10-20-33-45)58(61)43-28-15-8-16-29-43/h6-40H,1-5H3. The van der Waals surface area contributed by atoms with Crippen molar-refractivity contribution in [2.45, 2.75) is 45.4 Å². The zero-order valence-electron chi connectivity index (χ0n) is 36.2. The summed E-state index contributed by atoms with van der Waals surface area (Å²) in [6.45, 7) is 10.9. The van der Waals surface area contributed by atoms with E-state index >= 15 is 0 Å². The van der Waals surface area contributed by atoms with Crippen LogP contribution < -0.4 is 35.3 Å². The third-order valence-corrected chi connectivity index (χ3v) is 12.8. The van der Waals surface area contributed by atoms with Crippen molar-refractivity contribution < 1.29 is 4.74 Å². The van der Waals surface area contributed by atoms with Crippen LogP contribution in [0.1, 0.15) is 51.3 Å².